The van der Waals surface area contributed by atoms with Crippen LogP contribution >= 0.6 is 35.0 Å². The van der Waals surface area contributed by atoms with Crippen molar-refractivity contribution in [2.75, 3.05) is 5.75 Å². The molecule has 0 bridgehead atoms. The van der Waals surface area contributed by atoms with Gasteiger partial charge in [-0.05, 0) is 6.92 Å². The van der Waals surface area contributed by atoms with E-state index in [1.54, 1.807) is 11.8 Å². The molecule has 1 unspecified atom stereocenters. The summed E-state index contributed by atoms with van der Waals surface area (Å²) in [6.07, 6.45) is 0. The summed E-state index contributed by atoms with van der Waals surface area (Å²) in [5.41, 5.74) is 0. The number of hydrogen-bond donors (Lipinski definition) is 0. The van der Waals surface area contributed by atoms with Gasteiger partial charge in [-0.1, -0.05) is 18.2 Å². The zero-order valence-electron chi connectivity index (χ0n) is 4.66. The van der Waals surface area contributed by atoms with Crippen molar-refractivity contribution in [3.8, 4) is 0 Å². The molecular weight excluding hydrogens is 163 g/mol. The monoisotopic (exact) mass is 170 g/mol. The van der Waals surface area contributed by atoms with Gasteiger partial charge >= 0.3 is 0 Å². The van der Waals surface area contributed by atoms with Crippen LogP contribution in [0.15, 0.2) is 11.6 Å². The van der Waals surface area contributed by atoms with Gasteiger partial charge in [0.25, 0.3) is 0 Å². The first-order chi connectivity index (χ1) is 3.63. The smallest absolute Gasteiger partial charge is 0.0764 e. The molecule has 48 valence electrons. The molecule has 0 aromatic rings. The van der Waals surface area contributed by atoms with Crippen molar-refractivity contribution in [2.45, 2.75) is 11.6 Å². The predicted molar refractivity (Wildman–Crippen MR) is 42.8 cm³/mol. The molecule has 1 atom stereocenters. The summed E-state index contributed by atoms with van der Waals surface area (Å²) >= 11 is 12.6. The maximum Gasteiger partial charge on any atom is 0.0764 e. The fourth-order valence-corrected chi connectivity index (χ4v) is 0.994. The number of hydrogen-bond acceptors (Lipinski definition) is 1. The quantitative estimate of drug-likeness (QED) is 0.588. The van der Waals surface area contributed by atoms with E-state index in [0.29, 0.717) is 5.03 Å². The number of rotatable bonds is 3. The van der Waals surface area contributed by atoms with Crippen LogP contribution in [0, 0.1) is 0 Å². The van der Waals surface area contributed by atoms with Crippen molar-refractivity contribution in [1.29, 1.82) is 0 Å². The molecule has 0 N–H and O–H groups in total. The van der Waals surface area contributed by atoms with Gasteiger partial charge in [0.2, 0.25) is 0 Å². The molecule has 0 radical (unpaired) electrons. The maximum atomic E-state index is 5.59. The van der Waals surface area contributed by atoms with Gasteiger partial charge < -0.3 is 0 Å². The van der Waals surface area contributed by atoms with E-state index < -0.39 is 0 Å². The lowest BCUT2D eigenvalue weighted by molar-refractivity contribution is 1.40. The van der Waals surface area contributed by atoms with E-state index in [4.69, 9.17) is 23.2 Å². The molecule has 0 rings (SSSR count). The molecule has 0 heterocycles. The van der Waals surface area contributed by atoms with Crippen molar-refractivity contribution < 1.29 is 0 Å². The summed E-state index contributed by atoms with van der Waals surface area (Å²) in [7, 11) is 0. The second kappa shape index (κ2) is 4.54. The first-order valence-corrected chi connectivity index (χ1v) is 4.08. The van der Waals surface area contributed by atoms with E-state index in [1.807, 2.05) is 6.92 Å². The Morgan fingerprint density at radius 3 is 2.50 bits per heavy atom. The van der Waals surface area contributed by atoms with Crippen molar-refractivity contribution in [2.24, 2.45) is 0 Å². The Balaban J connectivity index is 3.05. The minimum Gasteiger partial charge on any atom is -0.137 e. The highest BCUT2D eigenvalue weighted by Gasteiger charge is 1.95. The summed E-state index contributed by atoms with van der Waals surface area (Å²) in [5, 5.41) is 0.655. The number of halogens is 2. The largest absolute Gasteiger partial charge is 0.137 e. The molecule has 0 aliphatic heterocycles. The van der Waals surface area contributed by atoms with Crippen LogP contribution in [0.5, 0.6) is 0 Å². The van der Waals surface area contributed by atoms with E-state index in [-0.39, 0.29) is 4.71 Å². The fourth-order valence-electron chi connectivity index (χ4n) is 0.205. The summed E-state index contributed by atoms with van der Waals surface area (Å²) < 4.78 is 0.130. The Labute approximate surface area is 64.2 Å². The topological polar surface area (TPSA) is 0 Å². The summed E-state index contributed by atoms with van der Waals surface area (Å²) in [6, 6.07) is 0. The minimum atomic E-state index is 0.130. The van der Waals surface area contributed by atoms with Crippen LogP contribution in [0.3, 0.4) is 0 Å². The van der Waals surface area contributed by atoms with Crippen LogP contribution < -0.4 is 0 Å². The van der Waals surface area contributed by atoms with Gasteiger partial charge in [-0.15, -0.1) is 23.4 Å². The van der Waals surface area contributed by atoms with Crippen molar-refractivity contribution >= 4 is 35.0 Å². The SMILES string of the molecule is C=C(Cl)CSC(C)Cl. The third kappa shape index (κ3) is 6.67. The van der Waals surface area contributed by atoms with Crippen molar-refractivity contribution in [1.82, 2.24) is 0 Å². The summed E-state index contributed by atoms with van der Waals surface area (Å²) in [6.45, 7) is 5.42. The molecule has 0 spiro atoms. The summed E-state index contributed by atoms with van der Waals surface area (Å²) in [4.78, 5) is 0. The second-order valence-corrected chi connectivity index (χ2v) is 4.15. The summed E-state index contributed by atoms with van der Waals surface area (Å²) in [5.74, 6) is 0.742. The lowest BCUT2D eigenvalue weighted by Crippen LogP contribution is -1.84. The highest BCUT2D eigenvalue weighted by Crippen LogP contribution is 2.17. The average Bonchev–Trinajstić information content (AvgIpc) is 1.61. The van der Waals surface area contributed by atoms with Gasteiger partial charge in [0.1, 0.15) is 0 Å². The molecule has 0 fully saturated rings. The first kappa shape index (κ1) is 8.67. The van der Waals surface area contributed by atoms with E-state index in [0.717, 1.165) is 5.75 Å². The van der Waals surface area contributed by atoms with Gasteiger partial charge in [0.05, 0.1) is 4.71 Å². The van der Waals surface area contributed by atoms with Crippen LogP contribution in [0.2, 0.25) is 0 Å². The van der Waals surface area contributed by atoms with E-state index in [2.05, 4.69) is 6.58 Å². The zero-order valence-corrected chi connectivity index (χ0v) is 6.98. The van der Waals surface area contributed by atoms with Crippen LogP contribution in [0.25, 0.3) is 0 Å². The Bertz CT molecular complexity index is 80.5. The molecule has 0 aromatic heterocycles. The van der Waals surface area contributed by atoms with Gasteiger partial charge in [0.15, 0.2) is 0 Å². The fraction of sp³-hybridized carbons (Fsp3) is 0.600. The predicted octanol–water partition coefficient (Wildman–Crippen LogP) is 3.06. The Kier molecular flexibility index (Phi) is 4.92. The Morgan fingerprint density at radius 1 is 1.88 bits per heavy atom. The van der Waals surface area contributed by atoms with Gasteiger partial charge in [-0.25, -0.2) is 0 Å². The molecule has 0 aliphatic rings. The lowest BCUT2D eigenvalue weighted by Gasteiger charge is -1.98. The third-order valence-corrected chi connectivity index (χ3v) is 2.11. The van der Waals surface area contributed by atoms with Crippen molar-refractivity contribution in [3.05, 3.63) is 11.6 Å². The Morgan fingerprint density at radius 2 is 2.38 bits per heavy atom. The number of alkyl halides is 1. The molecule has 0 nitrogen and oxygen atoms in total. The molecule has 0 saturated carbocycles. The molecule has 0 amide bonds. The van der Waals surface area contributed by atoms with E-state index in [9.17, 15) is 0 Å². The van der Waals surface area contributed by atoms with Crippen LogP contribution in [-0.2, 0) is 0 Å². The normalized spacial score (nSPS) is 13.4. The second-order valence-electron chi connectivity index (χ2n) is 1.37. The Hall–Kier alpha value is 0.670. The maximum absolute atomic E-state index is 5.59. The molecule has 8 heavy (non-hydrogen) atoms. The molecule has 0 aromatic carbocycles. The van der Waals surface area contributed by atoms with Gasteiger partial charge in [-0.3, -0.25) is 0 Å². The van der Waals surface area contributed by atoms with Gasteiger partial charge in [0, 0.05) is 10.8 Å². The van der Waals surface area contributed by atoms with Crippen LogP contribution in [0.4, 0.5) is 0 Å². The van der Waals surface area contributed by atoms with Gasteiger partial charge in [-0.2, -0.15) is 0 Å². The van der Waals surface area contributed by atoms with E-state index in [1.165, 1.54) is 0 Å². The van der Waals surface area contributed by atoms with Crippen LogP contribution in [0.1, 0.15) is 6.92 Å². The zero-order chi connectivity index (χ0) is 6.57. The highest BCUT2D eigenvalue weighted by atomic mass is 35.5. The average molecular weight is 171 g/mol. The van der Waals surface area contributed by atoms with Crippen molar-refractivity contribution in [3.63, 3.8) is 0 Å². The standard InChI is InChI=1S/C5H8Cl2S/c1-4(6)3-8-5(2)7/h5H,1,3H2,2H3. The molecule has 3 heteroatoms. The molecular formula is C5H8Cl2S. The molecule has 0 saturated heterocycles. The lowest BCUT2D eigenvalue weighted by atomic mass is 10.7. The van der Waals surface area contributed by atoms with Crippen LogP contribution in [-0.4, -0.2) is 10.5 Å². The van der Waals surface area contributed by atoms with E-state index >= 15 is 0 Å². The number of thioether (sulfide) groups is 1. The highest BCUT2D eigenvalue weighted by molar-refractivity contribution is 8.01. The first-order valence-electron chi connectivity index (χ1n) is 2.22. The third-order valence-electron chi connectivity index (χ3n) is 0.470. The molecule has 0 aliphatic carbocycles. The minimum absolute atomic E-state index is 0.130.